The Bertz CT molecular complexity index is 856. The molecule has 0 aliphatic rings. The summed E-state index contributed by atoms with van der Waals surface area (Å²) in [6.45, 7) is 3.85. The maximum atomic E-state index is 12.6. The number of hydrogen-bond acceptors (Lipinski definition) is 2. The third-order valence-corrected chi connectivity index (χ3v) is 3.83. The highest BCUT2D eigenvalue weighted by Gasteiger charge is 2.19. The van der Waals surface area contributed by atoms with E-state index in [9.17, 15) is 4.79 Å². The summed E-state index contributed by atoms with van der Waals surface area (Å²) in [5.74, 6) is -0.181. The van der Waals surface area contributed by atoms with Crippen LogP contribution in [0.15, 0.2) is 60.7 Å². The van der Waals surface area contributed by atoms with Gasteiger partial charge in [0.15, 0.2) is 0 Å². The van der Waals surface area contributed by atoms with Crippen LogP contribution in [0.2, 0.25) is 5.02 Å². The lowest BCUT2D eigenvalue weighted by Gasteiger charge is -2.11. The molecule has 0 spiro atoms. The van der Waals surface area contributed by atoms with E-state index in [2.05, 4.69) is 10.4 Å². The molecule has 2 aromatic carbocycles. The molecule has 1 N–H and O–H groups in total. The third kappa shape index (κ3) is 3.34. The van der Waals surface area contributed by atoms with Gasteiger partial charge in [0.1, 0.15) is 5.69 Å². The highest BCUT2D eigenvalue weighted by molar-refractivity contribution is 6.32. The minimum atomic E-state index is -0.181. The predicted molar refractivity (Wildman–Crippen MR) is 96.6 cm³/mol. The van der Waals surface area contributed by atoms with Crippen LogP contribution in [-0.4, -0.2) is 21.7 Å². The van der Waals surface area contributed by atoms with Gasteiger partial charge in [-0.1, -0.05) is 54.1 Å². The number of aromatic nitrogens is 2. The molecule has 4 nitrogen and oxygen atoms in total. The van der Waals surface area contributed by atoms with Crippen LogP contribution in [0.25, 0.3) is 16.9 Å². The molecule has 0 bridgehead atoms. The Morgan fingerprint density at radius 1 is 1.08 bits per heavy atom. The molecule has 0 unspecified atom stereocenters. The highest BCUT2D eigenvalue weighted by atomic mass is 35.5. The van der Waals surface area contributed by atoms with Crippen molar-refractivity contribution in [1.29, 1.82) is 0 Å². The first-order valence-electron chi connectivity index (χ1n) is 7.77. The molecule has 0 aliphatic heterocycles. The van der Waals surface area contributed by atoms with Crippen LogP contribution in [0.4, 0.5) is 0 Å². The van der Waals surface area contributed by atoms with Crippen LogP contribution in [0.3, 0.4) is 0 Å². The fourth-order valence-corrected chi connectivity index (χ4v) is 2.65. The van der Waals surface area contributed by atoms with Crippen molar-refractivity contribution >= 4 is 17.5 Å². The zero-order valence-electron chi connectivity index (χ0n) is 13.5. The summed E-state index contributed by atoms with van der Waals surface area (Å²) in [6, 6.07) is 18.9. The lowest BCUT2D eigenvalue weighted by atomic mass is 10.1. The molecular weight excluding hydrogens is 322 g/mol. The molecule has 0 saturated carbocycles. The van der Waals surface area contributed by atoms with Crippen molar-refractivity contribution < 1.29 is 4.79 Å². The van der Waals surface area contributed by atoms with Gasteiger partial charge in [0, 0.05) is 11.6 Å². The van der Waals surface area contributed by atoms with Crippen molar-refractivity contribution in [1.82, 2.24) is 15.1 Å². The second-order valence-electron chi connectivity index (χ2n) is 5.77. The number of nitrogens with one attached hydrogen (secondary N) is 1. The zero-order chi connectivity index (χ0) is 17.1. The molecule has 0 fully saturated rings. The van der Waals surface area contributed by atoms with Gasteiger partial charge in [-0.3, -0.25) is 4.79 Å². The molecule has 1 aromatic heterocycles. The van der Waals surface area contributed by atoms with Crippen LogP contribution >= 0.6 is 11.6 Å². The number of carbonyl (C=O) groups is 1. The molecule has 1 heterocycles. The summed E-state index contributed by atoms with van der Waals surface area (Å²) in [5, 5.41) is 8.06. The second-order valence-corrected chi connectivity index (χ2v) is 6.18. The van der Waals surface area contributed by atoms with Crippen molar-refractivity contribution in [3.05, 3.63) is 71.4 Å². The molecule has 3 aromatic rings. The lowest BCUT2D eigenvalue weighted by molar-refractivity contribution is 0.0935. The second kappa shape index (κ2) is 6.89. The van der Waals surface area contributed by atoms with Crippen LogP contribution in [0, 0.1) is 0 Å². The standard InChI is InChI=1S/C19H18ClN3O/c1-13(2)21-19(24)18-12-16(14-8-4-3-5-9-14)22-23(18)17-11-7-6-10-15(17)20/h3-13H,1-2H3,(H,21,24). The lowest BCUT2D eigenvalue weighted by Crippen LogP contribution is -2.31. The van der Waals surface area contributed by atoms with E-state index in [0.717, 1.165) is 11.3 Å². The van der Waals surface area contributed by atoms with Gasteiger partial charge in [-0.05, 0) is 32.0 Å². The third-order valence-electron chi connectivity index (χ3n) is 3.51. The Kier molecular flexibility index (Phi) is 4.67. The van der Waals surface area contributed by atoms with E-state index in [0.29, 0.717) is 16.4 Å². The van der Waals surface area contributed by atoms with Gasteiger partial charge in [-0.25, -0.2) is 4.68 Å². The number of amides is 1. The van der Waals surface area contributed by atoms with E-state index in [1.54, 1.807) is 16.8 Å². The topological polar surface area (TPSA) is 46.9 Å². The van der Waals surface area contributed by atoms with Crippen molar-refractivity contribution in [3.8, 4) is 16.9 Å². The van der Waals surface area contributed by atoms with Crippen molar-refractivity contribution in [2.24, 2.45) is 0 Å². The number of benzene rings is 2. The largest absolute Gasteiger partial charge is 0.349 e. The molecule has 5 heteroatoms. The van der Waals surface area contributed by atoms with Gasteiger partial charge < -0.3 is 5.32 Å². The Balaban J connectivity index is 2.14. The SMILES string of the molecule is CC(C)NC(=O)c1cc(-c2ccccc2)nn1-c1ccccc1Cl. The fourth-order valence-electron chi connectivity index (χ4n) is 2.44. The van der Waals surface area contributed by atoms with Crippen LogP contribution in [0.5, 0.6) is 0 Å². The molecule has 1 amide bonds. The Hall–Kier alpha value is -2.59. The summed E-state index contributed by atoms with van der Waals surface area (Å²) in [6.07, 6.45) is 0. The van der Waals surface area contributed by atoms with Crippen LogP contribution in [-0.2, 0) is 0 Å². The van der Waals surface area contributed by atoms with Crippen LogP contribution in [0.1, 0.15) is 24.3 Å². The highest BCUT2D eigenvalue weighted by Crippen LogP contribution is 2.25. The summed E-state index contributed by atoms with van der Waals surface area (Å²) in [7, 11) is 0. The van der Waals surface area contributed by atoms with Gasteiger partial charge in [-0.2, -0.15) is 5.10 Å². The van der Waals surface area contributed by atoms with E-state index in [4.69, 9.17) is 11.6 Å². The predicted octanol–water partition coefficient (Wildman–Crippen LogP) is 4.33. The van der Waals surface area contributed by atoms with E-state index in [1.165, 1.54) is 0 Å². The summed E-state index contributed by atoms with van der Waals surface area (Å²) >= 11 is 6.30. The number of para-hydroxylation sites is 1. The number of hydrogen-bond donors (Lipinski definition) is 1. The molecule has 0 aliphatic carbocycles. The molecule has 0 saturated heterocycles. The smallest absolute Gasteiger partial charge is 0.270 e. The summed E-state index contributed by atoms with van der Waals surface area (Å²) in [4.78, 5) is 12.6. The summed E-state index contributed by atoms with van der Waals surface area (Å²) in [5.41, 5.74) is 2.80. The Morgan fingerprint density at radius 2 is 1.75 bits per heavy atom. The van der Waals surface area contributed by atoms with Crippen molar-refractivity contribution in [2.45, 2.75) is 19.9 Å². The average Bonchev–Trinajstić information content (AvgIpc) is 3.01. The Labute approximate surface area is 146 Å². The monoisotopic (exact) mass is 339 g/mol. The maximum absolute atomic E-state index is 12.6. The van der Waals surface area contributed by atoms with Crippen molar-refractivity contribution in [2.75, 3.05) is 0 Å². The van der Waals surface area contributed by atoms with Crippen molar-refractivity contribution in [3.63, 3.8) is 0 Å². The minimum Gasteiger partial charge on any atom is -0.349 e. The molecule has 0 atom stereocenters. The maximum Gasteiger partial charge on any atom is 0.270 e. The van der Waals surface area contributed by atoms with E-state index in [-0.39, 0.29) is 11.9 Å². The van der Waals surface area contributed by atoms with Gasteiger partial charge >= 0.3 is 0 Å². The first-order chi connectivity index (χ1) is 11.6. The Morgan fingerprint density at radius 3 is 2.42 bits per heavy atom. The first kappa shape index (κ1) is 16.3. The molecule has 122 valence electrons. The fraction of sp³-hybridized carbons (Fsp3) is 0.158. The van der Waals surface area contributed by atoms with Gasteiger partial charge in [-0.15, -0.1) is 0 Å². The quantitative estimate of drug-likeness (QED) is 0.769. The molecule has 3 rings (SSSR count). The number of rotatable bonds is 4. The number of carbonyl (C=O) groups excluding carboxylic acids is 1. The first-order valence-corrected chi connectivity index (χ1v) is 8.15. The van der Waals surface area contributed by atoms with Crippen LogP contribution < -0.4 is 5.32 Å². The van der Waals surface area contributed by atoms with E-state index >= 15 is 0 Å². The van der Waals surface area contributed by atoms with E-state index in [1.807, 2.05) is 62.4 Å². The summed E-state index contributed by atoms with van der Waals surface area (Å²) < 4.78 is 1.60. The molecule has 0 radical (unpaired) electrons. The average molecular weight is 340 g/mol. The minimum absolute atomic E-state index is 0.0345. The van der Waals surface area contributed by atoms with Gasteiger partial charge in [0.2, 0.25) is 0 Å². The number of nitrogens with zero attached hydrogens (tertiary/aromatic N) is 2. The van der Waals surface area contributed by atoms with E-state index < -0.39 is 0 Å². The zero-order valence-corrected chi connectivity index (χ0v) is 14.3. The van der Waals surface area contributed by atoms with Gasteiger partial charge in [0.25, 0.3) is 5.91 Å². The molecule has 24 heavy (non-hydrogen) atoms. The number of halogens is 1. The normalized spacial score (nSPS) is 10.8. The molecular formula is C19H18ClN3O. The van der Waals surface area contributed by atoms with Gasteiger partial charge in [0.05, 0.1) is 16.4 Å².